The van der Waals surface area contributed by atoms with Gasteiger partial charge in [0.15, 0.2) is 5.11 Å². The zero-order valence-electron chi connectivity index (χ0n) is 16.0. The number of anilines is 2. The third-order valence-electron chi connectivity index (χ3n) is 5.62. The van der Waals surface area contributed by atoms with Crippen molar-refractivity contribution in [2.24, 2.45) is 0 Å². The van der Waals surface area contributed by atoms with Crippen LogP contribution in [0.1, 0.15) is 31.2 Å². The molecule has 0 unspecified atom stereocenters. The van der Waals surface area contributed by atoms with Gasteiger partial charge in [-0.25, -0.2) is 4.79 Å². The lowest BCUT2D eigenvalue weighted by atomic mass is 10.0. The molecule has 5 nitrogen and oxygen atoms in total. The lowest BCUT2D eigenvalue weighted by molar-refractivity contribution is -0.137. The van der Waals surface area contributed by atoms with Crippen molar-refractivity contribution < 1.29 is 18.0 Å². The second-order valence-electron chi connectivity index (χ2n) is 7.76. The van der Waals surface area contributed by atoms with E-state index in [1.54, 1.807) is 0 Å². The van der Waals surface area contributed by atoms with Gasteiger partial charge in [0.1, 0.15) is 0 Å². The first-order chi connectivity index (χ1) is 14.2. The molecule has 2 aromatic rings. The SMILES string of the molecule is O=C(Nc1ccc(C(F)(F)F)cc1)NC1(C2(NC(=S)Nc3ccccc3)CC2)CC1. The molecule has 0 heterocycles. The average molecular weight is 434 g/mol. The van der Waals surface area contributed by atoms with Gasteiger partial charge in [-0.2, -0.15) is 13.2 Å². The van der Waals surface area contributed by atoms with Crippen LogP contribution in [0.4, 0.5) is 29.3 Å². The monoisotopic (exact) mass is 434 g/mol. The predicted octanol–water partition coefficient (Wildman–Crippen LogP) is 4.88. The zero-order chi connectivity index (χ0) is 21.4. The minimum atomic E-state index is -4.41. The van der Waals surface area contributed by atoms with Crippen molar-refractivity contribution >= 4 is 34.7 Å². The molecule has 0 atom stereocenters. The highest BCUT2D eigenvalue weighted by Crippen LogP contribution is 2.57. The average Bonchev–Trinajstić information content (AvgIpc) is 3.60. The molecule has 2 saturated carbocycles. The highest BCUT2D eigenvalue weighted by atomic mass is 32.1. The van der Waals surface area contributed by atoms with Crippen LogP contribution in [-0.2, 0) is 6.18 Å². The number of amides is 2. The summed E-state index contributed by atoms with van der Waals surface area (Å²) >= 11 is 5.44. The maximum Gasteiger partial charge on any atom is 0.416 e. The van der Waals surface area contributed by atoms with E-state index < -0.39 is 23.3 Å². The number of thiocarbonyl (C=S) groups is 1. The van der Waals surface area contributed by atoms with Gasteiger partial charge < -0.3 is 21.3 Å². The number of nitrogens with one attached hydrogen (secondary N) is 4. The van der Waals surface area contributed by atoms with Crippen molar-refractivity contribution in [3.63, 3.8) is 0 Å². The first kappa shape index (κ1) is 20.5. The number of carbonyl (C=O) groups excluding carboxylic acids is 1. The number of para-hydroxylation sites is 1. The number of alkyl halides is 3. The van der Waals surface area contributed by atoms with Crippen LogP contribution in [0.5, 0.6) is 0 Å². The first-order valence-corrected chi connectivity index (χ1v) is 10.0. The maximum atomic E-state index is 12.7. The third kappa shape index (κ3) is 4.35. The number of halogens is 3. The normalized spacial score (nSPS) is 18.1. The smallest absolute Gasteiger partial charge is 0.355 e. The van der Waals surface area contributed by atoms with Crippen LogP contribution in [-0.4, -0.2) is 22.2 Å². The highest BCUT2D eigenvalue weighted by Gasteiger charge is 2.67. The van der Waals surface area contributed by atoms with E-state index >= 15 is 0 Å². The number of benzene rings is 2. The minimum Gasteiger partial charge on any atom is -0.355 e. The van der Waals surface area contributed by atoms with Crippen LogP contribution < -0.4 is 21.3 Å². The van der Waals surface area contributed by atoms with Crippen LogP contribution in [0.15, 0.2) is 54.6 Å². The summed E-state index contributed by atoms with van der Waals surface area (Å²) in [5.41, 5.74) is -0.291. The first-order valence-electron chi connectivity index (χ1n) is 9.62. The van der Waals surface area contributed by atoms with E-state index in [-0.39, 0.29) is 5.54 Å². The molecule has 0 bridgehead atoms. The topological polar surface area (TPSA) is 65.2 Å². The largest absolute Gasteiger partial charge is 0.416 e. The molecule has 0 radical (unpaired) electrons. The number of hydrogen-bond acceptors (Lipinski definition) is 2. The summed E-state index contributed by atoms with van der Waals surface area (Å²) in [5, 5.41) is 12.6. The molecule has 2 amide bonds. The molecular weight excluding hydrogens is 413 g/mol. The third-order valence-corrected chi connectivity index (χ3v) is 5.83. The van der Waals surface area contributed by atoms with Gasteiger partial charge in [-0.15, -0.1) is 0 Å². The van der Waals surface area contributed by atoms with Crippen LogP contribution in [0.25, 0.3) is 0 Å². The molecule has 0 aliphatic heterocycles. The number of rotatable bonds is 5. The number of urea groups is 1. The van der Waals surface area contributed by atoms with E-state index in [2.05, 4.69) is 21.3 Å². The van der Waals surface area contributed by atoms with Gasteiger partial charge in [-0.05, 0) is 74.3 Å². The summed E-state index contributed by atoms with van der Waals surface area (Å²) in [6, 6.07) is 13.5. The fourth-order valence-corrected chi connectivity index (χ4v) is 4.03. The fourth-order valence-electron chi connectivity index (χ4n) is 3.72. The van der Waals surface area contributed by atoms with E-state index in [9.17, 15) is 18.0 Å². The van der Waals surface area contributed by atoms with Gasteiger partial charge in [0.25, 0.3) is 0 Å². The predicted molar refractivity (Wildman–Crippen MR) is 113 cm³/mol. The van der Waals surface area contributed by atoms with Crippen molar-refractivity contribution in [3.8, 4) is 0 Å². The Morgan fingerprint density at radius 2 is 1.33 bits per heavy atom. The maximum absolute atomic E-state index is 12.7. The number of carbonyl (C=O) groups is 1. The molecule has 0 aromatic heterocycles. The van der Waals surface area contributed by atoms with Crippen LogP contribution in [0.2, 0.25) is 0 Å². The summed E-state index contributed by atoms with van der Waals surface area (Å²) < 4.78 is 38.0. The second-order valence-corrected chi connectivity index (χ2v) is 8.17. The Labute approximate surface area is 177 Å². The molecule has 2 aliphatic rings. The van der Waals surface area contributed by atoms with Gasteiger partial charge in [0.2, 0.25) is 0 Å². The second kappa shape index (κ2) is 7.46. The molecule has 30 heavy (non-hydrogen) atoms. The van der Waals surface area contributed by atoms with Crippen LogP contribution in [0, 0.1) is 0 Å². The molecule has 4 rings (SSSR count). The Hall–Kier alpha value is -2.81. The standard InChI is InChI=1S/C21H21F3N4OS/c22-21(23,24)14-6-8-16(9-7-14)25-17(29)27-19(10-11-19)20(12-13-20)28-18(30)26-15-4-2-1-3-5-15/h1-9H,10-13H2,(H2,25,27,29)(H2,26,28,30). The molecule has 2 aliphatic carbocycles. The van der Waals surface area contributed by atoms with E-state index in [1.165, 1.54) is 12.1 Å². The Balaban J connectivity index is 1.35. The molecular formula is C21H21F3N4OS. The van der Waals surface area contributed by atoms with Gasteiger partial charge in [0, 0.05) is 11.4 Å². The summed E-state index contributed by atoms with van der Waals surface area (Å²) in [6.45, 7) is 0. The van der Waals surface area contributed by atoms with Crippen molar-refractivity contribution in [2.45, 2.75) is 42.9 Å². The van der Waals surface area contributed by atoms with E-state index in [0.29, 0.717) is 10.8 Å². The molecule has 2 fully saturated rings. The summed E-state index contributed by atoms with van der Waals surface area (Å²) in [4.78, 5) is 12.5. The Morgan fingerprint density at radius 1 is 0.800 bits per heavy atom. The van der Waals surface area contributed by atoms with Gasteiger partial charge >= 0.3 is 12.2 Å². The molecule has 158 valence electrons. The van der Waals surface area contributed by atoms with Crippen LogP contribution >= 0.6 is 12.2 Å². The highest BCUT2D eigenvalue weighted by molar-refractivity contribution is 7.80. The Bertz CT molecular complexity index is 939. The van der Waals surface area contributed by atoms with E-state index in [1.807, 2.05) is 30.3 Å². The summed E-state index contributed by atoms with van der Waals surface area (Å²) in [5.74, 6) is 0. The lowest BCUT2D eigenvalue weighted by Crippen LogP contribution is -2.57. The summed E-state index contributed by atoms with van der Waals surface area (Å²) in [7, 11) is 0. The quantitative estimate of drug-likeness (QED) is 0.507. The zero-order valence-corrected chi connectivity index (χ0v) is 16.8. The van der Waals surface area contributed by atoms with Crippen LogP contribution in [0.3, 0.4) is 0 Å². The van der Waals surface area contributed by atoms with Crippen molar-refractivity contribution in [1.82, 2.24) is 10.6 Å². The van der Waals surface area contributed by atoms with Crippen molar-refractivity contribution in [3.05, 3.63) is 60.2 Å². The molecule has 2 aromatic carbocycles. The summed E-state index contributed by atoms with van der Waals surface area (Å²) in [6.07, 6.45) is -1.02. The van der Waals surface area contributed by atoms with Crippen molar-refractivity contribution in [2.75, 3.05) is 10.6 Å². The Morgan fingerprint density at radius 3 is 1.87 bits per heavy atom. The van der Waals surface area contributed by atoms with Crippen molar-refractivity contribution in [1.29, 1.82) is 0 Å². The lowest BCUT2D eigenvalue weighted by Gasteiger charge is -2.30. The number of hydrogen-bond donors (Lipinski definition) is 4. The van der Waals surface area contributed by atoms with E-state index in [4.69, 9.17) is 12.2 Å². The van der Waals surface area contributed by atoms with Gasteiger partial charge in [-0.3, -0.25) is 0 Å². The molecule has 0 spiro atoms. The minimum absolute atomic E-state index is 0.301. The van der Waals surface area contributed by atoms with Gasteiger partial charge in [0.05, 0.1) is 16.6 Å². The van der Waals surface area contributed by atoms with Gasteiger partial charge in [-0.1, -0.05) is 18.2 Å². The molecule has 9 heteroatoms. The molecule has 0 saturated heterocycles. The Kier molecular flexibility index (Phi) is 5.09. The fraction of sp³-hybridized carbons (Fsp3) is 0.333. The van der Waals surface area contributed by atoms with E-state index in [0.717, 1.165) is 43.5 Å². The molecule has 4 N–H and O–H groups in total.